The summed E-state index contributed by atoms with van der Waals surface area (Å²) in [5.74, 6) is 0.758. The molecule has 32 heavy (non-hydrogen) atoms. The molecule has 6 nitrogen and oxygen atoms in total. The molecule has 1 aromatic heterocycles. The largest absolute Gasteiger partial charge is 0.493 e. The first-order valence-corrected chi connectivity index (χ1v) is 11.6. The number of furan rings is 1. The molecule has 0 fully saturated rings. The van der Waals surface area contributed by atoms with Gasteiger partial charge in [-0.05, 0) is 42.0 Å². The second-order valence-corrected chi connectivity index (χ2v) is 8.85. The predicted molar refractivity (Wildman–Crippen MR) is 125 cm³/mol. The summed E-state index contributed by atoms with van der Waals surface area (Å²) in [7, 11) is -3.82. The maximum absolute atomic E-state index is 12.8. The van der Waals surface area contributed by atoms with Crippen LogP contribution in [0, 0.1) is 0 Å². The first-order valence-electron chi connectivity index (χ1n) is 10.1. The normalized spacial score (nSPS) is 12.8. The highest BCUT2D eigenvalue weighted by Crippen LogP contribution is 2.27. The third-order valence-electron chi connectivity index (χ3n) is 4.81. The molecule has 0 aliphatic heterocycles. The predicted octanol–water partition coefficient (Wildman–Crippen LogP) is 5.08. The summed E-state index contributed by atoms with van der Waals surface area (Å²) < 4.78 is 39.2. The minimum Gasteiger partial charge on any atom is -0.493 e. The molecule has 4 rings (SSSR count). The number of benzene rings is 3. The molecule has 2 N–H and O–H groups in total. The Morgan fingerprint density at radius 2 is 1.78 bits per heavy atom. The van der Waals surface area contributed by atoms with Gasteiger partial charge in [0.25, 0.3) is 10.0 Å². The van der Waals surface area contributed by atoms with Crippen LogP contribution in [-0.4, -0.2) is 26.2 Å². The fraction of sp³-hybridized carbons (Fsp3) is 0.120. The van der Waals surface area contributed by atoms with Crippen molar-refractivity contribution in [3.8, 4) is 5.75 Å². The Hall–Kier alpha value is -3.55. The molecule has 4 aromatic rings. The molecule has 1 atom stereocenters. The Labute approximate surface area is 186 Å². The van der Waals surface area contributed by atoms with Gasteiger partial charge in [0, 0.05) is 17.5 Å². The molecule has 0 unspecified atom stereocenters. The van der Waals surface area contributed by atoms with E-state index in [4.69, 9.17) is 9.15 Å². The van der Waals surface area contributed by atoms with Crippen LogP contribution >= 0.6 is 0 Å². The maximum atomic E-state index is 12.8. The molecule has 0 aliphatic carbocycles. The minimum atomic E-state index is -3.82. The summed E-state index contributed by atoms with van der Waals surface area (Å²) in [5, 5.41) is 10.7. The molecular weight excluding hydrogens is 426 g/mol. The number of para-hydroxylation sites is 2. The molecule has 7 heteroatoms. The van der Waals surface area contributed by atoms with Crippen LogP contribution < -0.4 is 9.46 Å². The van der Waals surface area contributed by atoms with Crippen LogP contribution in [-0.2, 0) is 10.0 Å². The van der Waals surface area contributed by atoms with E-state index in [1.165, 1.54) is 6.26 Å². The van der Waals surface area contributed by atoms with Crippen molar-refractivity contribution in [2.24, 2.45) is 0 Å². The fourth-order valence-electron chi connectivity index (χ4n) is 3.21. The van der Waals surface area contributed by atoms with Crippen molar-refractivity contribution in [3.63, 3.8) is 0 Å². The quantitative estimate of drug-likeness (QED) is 0.372. The number of nitrogens with one attached hydrogen (secondary N) is 1. The number of rotatable bonds is 9. The van der Waals surface area contributed by atoms with Gasteiger partial charge in [0.15, 0.2) is 0 Å². The number of ether oxygens (including phenoxy) is 1. The number of aliphatic hydroxyl groups is 1. The number of anilines is 1. The van der Waals surface area contributed by atoms with Crippen LogP contribution in [0.1, 0.15) is 12.0 Å². The zero-order valence-corrected chi connectivity index (χ0v) is 18.0. The maximum Gasteiger partial charge on any atom is 0.265 e. The number of sulfonamides is 1. The summed E-state index contributed by atoms with van der Waals surface area (Å²) in [6.45, 7) is 0.383. The molecule has 1 heterocycles. The molecule has 0 saturated heterocycles. The van der Waals surface area contributed by atoms with Gasteiger partial charge in [-0.1, -0.05) is 54.6 Å². The first kappa shape index (κ1) is 21.7. The summed E-state index contributed by atoms with van der Waals surface area (Å²) in [6.07, 6.45) is 4.40. The van der Waals surface area contributed by atoms with E-state index in [0.717, 1.165) is 11.3 Å². The van der Waals surface area contributed by atoms with E-state index in [1.807, 2.05) is 36.4 Å². The van der Waals surface area contributed by atoms with Crippen molar-refractivity contribution in [2.75, 3.05) is 11.3 Å². The van der Waals surface area contributed by atoms with Crippen molar-refractivity contribution >= 4 is 32.8 Å². The lowest BCUT2D eigenvalue weighted by Crippen LogP contribution is -2.12. The Morgan fingerprint density at radius 1 is 1.00 bits per heavy atom. The third kappa shape index (κ3) is 5.38. The summed E-state index contributed by atoms with van der Waals surface area (Å²) in [6, 6.07) is 23.3. The molecule has 0 spiro atoms. The third-order valence-corrected chi connectivity index (χ3v) is 6.21. The van der Waals surface area contributed by atoms with Gasteiger partial charge in [0.2, 0.25) is 0 Å². The van der Waals surface area contributed by atoms with E-state index in [0.29, 0.717) is 29.7 Å². The highest BCUT2D eigenvalue weighted by atomic mass is 32.2. The molecule has 3 aromatic carbocycles. The SMILES string of the molecule is O=S(=O)(Nc1cccc(/C=C/[C@H](O)CCOc2ccccc2)c1)c1coc2ccccc12. The Morgan fingerprint density at radius 3 is 2.62 bits per heavy atom. The summed E-state index contributed by atoms with van der Waals surface area (Å²) in [5.41, 5.74) is 1.68. The van der Waals surface area contributed by atoms with Crippen molar-refractivity contribution < 1.29 is 22.7 Å². The lowest BCUT2D eigenvalue weighted by molar-refractivity contribution is 0.179. The zero-order chi connectivity index (χ0) is 22.4. The first-order chi connectivity index (χ1) is 15.5. The van der Waals surface area contributed by atoms with Gasteiger partial charge in [-0.2, -0.15) is 0 Å². The topological polar surface area (TPSA) is 88.8 Å². The smallest absolute Gasteiger partial charge is 0.265 e. The van der Waals surface area contributed by atoms with Crippen molar-refractivity contribution in [2.45, 2.75) is 17.4 Å². The molecule has 0 bridgehead atoms. The van der Waals surface area contributed by atoms with E-state index in [9.17, 15) is 13.5 Å². The molecule has 0 saturated carbocycles. The van der Waals surface area contributed by atoms with Crippen molar-refractivity contribution in [1.29, 1.82) is 0 Å². The molecule has 164 valence electrons. The highest BCUT2D eigenvalue weighted by Gasteiger charge is 2.20. The van der Waals surface area contributed by atoms with E-state index in [-0.39, 0.29) is 4.90 Å². The standard InChI is InChI=1S/C25H23NO5S/c27-21(15-16-30-22-9-2-1-3-10-22)14-13-19-7-6-8-20(17-19)26-32(28,29)25-18-31-24-12-5-4-11-23(24)25/h1-14,17-18,21,26-27H,15-16H2/b14-13+/t21-/m0/s1. The average Bonchev–Trinajstić information content (AvgIpc) is 3.24. The van der Waals surface area contributed by atoms with Crippen LogP contribution in [0.15, 0.2) is 101 Å². The molecule has 0 amide bonds. The van der Waals surface area contributed by atoms with Gasteiger partial charge in [0.1, 0.15) is 22.5 Å². The summed E-state index contributed by atoms with van der Waals surface area (Å²) >= 11 is 0. The van der Waals surface area contributed by atoms with Crippen LogP contribution in [0.4, 0.5) is 5.69 Å². The van der Waals surface area contributed by atoms with Gasteiger partial charge in [-0.3, -0.25) is 4.72 Å². The van der Waals surface area contributed by atoms with E-state index < -0.39 is 16.1 Å². The number of hydrogen-bond acceptors (Lipinski definition) is 5. The Bertz CT molecular complexity index is 1310. The van der Waals surface area contributed by atoms with Crippen molar-refractivity contribution in [3.05, 3.63) is 96.8 Å². The lowest BCUT2D eigenvalue weighted by atomic mass is 10.1. The Kier molecular flexibility index (Phi) is 6.58. The average molecular weight is 450 g/mol. The number of hydrogen-bond donors (Lipinski definition) is 2. The molecule has 0 aliphatic rings. The van der Waals surface area contributed by atoms with Crippen LogP contribution in [0.25, 0.3) is 17.0 Å². The second kappa shape index (κ2) is 9.72. The van der Waals surface area contributed by atoms with Crippen LogP contribution in [0.2, 0.25) is 0 Å². The van der Waals surface area contributed by atoms with Gasteiger partial charge >= 0.3 is 0 Å². The van der Waals surface area contributed by atoms with Crippen molar-refractivity contribution in [1.82, 2.24) is 0 Å². The van der Waals surface area contributed by atoms with E-state index in [1.54, 1.807) is 54.6 Å². The second-order valence-electron chi connectivity index (χ2n) is 7.20. The highest BCUT2D eigenvalue weighted by molar-refractivity contribution is 7.93. The Balaban J connectivity index is 1.38. The molecule has 0 radical (unpaired) electrons. The van der Waals surface area contributed by atoms with E-state index >= 15 is 0 Å². The van der Waals surface area contributed by atoms with Gasteiger partial charge in [-0.15, -0.1) is 0 Å². The van der Waals surface area contributed by atoms with Gasteiger partial charge < -0.3 is 14.3 Å². The van der Waals surface area contributed by atoms with Crippen LogP contribution in [0.3, 0.4) is 0 Å². The minimum absolute atomic E-state index is 0.0860. The lowest BCUT2D eigenvalue weighted by Gasteiger charge is -2.09. The number of aliphatic hydroxyl groups excluding tert-OH is 1. The van der Waals surface area contributed by atoms with E-state index in [2.05, 4.69) is 4.72 Å². The van der Waals surface area contributed by atoms with Gasteiger partial charge in [-0.25, -0.2) is 8.42 Å². The zero-order valence-electron chi connectivity index (χ0n) is 17.2. The molecular formula is C25H23NO5S. The fourth-order valence-corrected chi connectivity index (χ4v) is 4.39. The number of fused-ring (bicyclic) bond motifs is 1. The van der Waals surface area contributed by atoms with Crippen LogP contribution in [0.5, 0.6) is 5.75 Å². The summed E-state index contributed by atoms with van der Waals surface area (Å²) in [4.78, 5) is 0.0860. The van der Waals surface area contributed by atoms with Gasteiger partial charge in [0.05, 0.1) is 12.7 Å². The monoisotopic (exact) mass is 449 g/mol.